The number of amides is 1. The Morgan fingerprint density at radius 1 is 1.30 bits per heavy atom. The van der Waals surface area contributed by atoms with Crippen LogP contribution in [0.4, 0.5) is 0 Å². The summed E-state index contributed by atoms with van der Waals surface area (Å²) in [5.41, 5.74) is -0.539. The Morgan fingerprint density at radius 2 is 2.00 bits per heavy atom. The van der Waals surface area contributed by atoms with E-state index in [1.165, 1.54) is 6.42 Å². The third-order valence-corrected chi connectivity index (χ3v) is 6.28. The van der Waals surface area contributed by atoms with E-state index in [-0.39, 0.29) is 18.2 Å². The molecule has 3 N–H and O–H groups in total. The van der Waals surface area contributed by atoms with E-state index >= 15 is 0 Å². The van der Waals surface area contributed by atoms with Crippen LogP contribution in [0.25, 0.3) is 0 Å². The quantitative estimate of drug-likeness (QED) is 0.538. The van der Waals surface area contributed by atoms with Gasteiger partial charge in [0.25, 0.3) is 0 Å². The fourth-order valence-electron chi connectivity index (χ4n) is 3.12. The molecule has 2 aliphatic rings. The first-order chi connectivity index (χ1) is 11.0. The van der Waals surface area contributed by atoms with Crippen LogP contribution in [0.1, 0.15) is 32.1 Å². The van der Waals surface area contributed by atoms with E-state index in [1.54, 1.807) is 7.11 Å². The molecule has 0 bridgehead atoms. The van der Waals surface area contributed by atoms with E-state index in [1.807, 2.05) is 0 Å². The maximum Gasteiger partial charge on any atom is 0.228 e. The molecule has 23 heavy (non-hydrogen) atoms. The second kappa shape index (κ2) is 8.41. The number of methoxy groups -OCH3 is 1. The summed E-state index contributed by atoms with van der Waals surface area (Å²) in [6.07, 6.45) is 4.82. The number of rotatable bonds is 9. The second-order valence-corrected chi connectivity index (χ2v) is 8.61. The molecule has 0 unspecified atom stereocenters. The van der Waals surface area contributed by atoms with Gasteiger partial charge in [0, 0.05) is 20.2 Å². The summed E-state index contributed by atoms with van der Waals surface area (Å²) in [6.45, 7) is 2.58. The fourth-order valence-corrected chi connectivity index (χ4v) is 4.12. The molecule has 134 valence electrons. The average molecular weight is 347 g/mol. The third-order valence-electron chi connectivity index (χ3n) is 4.94. The molecule has 0 aromatic heterocycles. The lowest BCUT2D eigenvalue weighted by Gasteiger charge is -2.35. The van der Waals surface area contributed by atoms with Crippen molar-refractivity contribution in [2.24, 2.45) is 11.3 Å². The molecule has 0 aromatic rings. The first-order valence-corrected chi connectivity index (χ1v) is 10.1. The maximum absolute atomic E-state index is 12.5. The van der Waals surface area contributed by atoms with Gasteiger partial charge in [0.1, 0.15) is 0 Å². The van der Waals surface area contributed by atoms with Gasteiger partial charge in [-0.25, -0.2) is 13.1 Å². The van der Waals surface area contributed by atoms with Crippen LogP contribution in [-0.2, 0) is 19.6 Å². The molecule has 2 rings (SSSR count). The van der Waals surface area contributed by atoms with Crippen molar-refractivity contribution in [3.63, 3.8) is 0 Å². The lowest BCUT2D eigenvalue weighted by Crippen LogP contribution is -2.51. The number of ether oxygens (including phenoxy) is 1. The van der Waals surface area contributed by atoms with Crippen molar-refractivity contribution in [3.05, 3.63) is 0 Å². The third kappa shape index (κ3) is 5.41. The van der Waals surface area contributed by atoms with Crippen molar-refractivity contribution >= 4 is 15.9 Å². The summed E-state index contributed by atoms with van der Waals surface area (Å²) in [7, 11) is -1.73. The van der Waals surface area contributed by atoms with Crippen molar-refractivity contribution in [2.75, 3.05) is 45.6 Å². The molecule has 2 fully saturated rings. The molecule has 0 aromatic carbocycles. The normalized spacial score (nSPS) is 21.6. The van der Waals surface area contributed by atoms with E-state index in [9.17, 15) is 13.2 Å². The van der Waals surface area contributed by atoms with Crippen LogP contribution in [0.5, 0.6) is 0 Å². The Morgan fingerprint density at radius 3 is 2.57 bits per heavy atom. The first kappa shape index (κ1) is 18.6. The topological polar surface area (TPSA) is 96.5 Å². The minimum Gasteiger partial charge on any atom is -0.384 e. The lowest BCUT2D eigenvalue weighted by molar-refractivity contribution is -0.136. The van der Waals surface area contributed by atoms with Crippen LogP contribution in [0.2, 0.25) is 0 Å². The van der Waals surface area contributed by atoms with E-state index < -0.39 is 15.4 Å². The summed E-state index contributed by atoms with van der Waals surface area (Å²) < 4.78 is 31.7. The zero-order valence-electron chi connectivity index (χ0n) is 13.9. The monoisotopic (exact) mass is 347 g/mol. The van der Waals surface area contributed by atoms with Crippen LogP contribution in [-0.4, -0.2) is 60.0 Å². The highest BCUT2D eigenvalue weighted by Crippen LogP contribution is 2.29. The zero-order valence-corrected chi connectivity index (χ0v) is 14.7. The van der Waals surface area contributed by atoms with Crippen molar-refractivity contribution < 1.29 is 17.9 Å². The molecule has 1 aliphatic heterocycles. The SMILES string of the molecule is COCC1(C(=O)NCCS(=O)(=O)NCC2CCC2)CCNCC1. The number of sulfonamides is 1. The standard InChI is InChI=1S/C15H29N3O4S/c1-22-12-15(5-7-16-8-6-15)14(19)17-9-10-23(20,21)18-11-13-3-2-4-13/h13,16,18H,2-12H2,1H3,(H,17,19). The highest BCUT2D eigenvalue weighted by atomic mass is 32.2. The van der Waals surface area contributed by atoms with Gasteiger partial charge >= 0.3 is 0 Å². The summed E-state index contributed by atoms with van der Waals surface area (Å²) >= 11 is 0. The zero-order chi connectivity index (χ0) is 16.8. The van der Waals surface area contributed by atoms with Gasteiger partial charge < -0.3 is 15.4 Å². The average Bonchev–Trinajstić information content (AvgIpc) is 2.46. The fraction of sp³-hybridized carbons (Fsp3) is 0.933. The Balaban J connectivity index is 1.75. The van der Waals surface area contributed by atoms with Crippen LogP contribution in [0, 0.1) is 11.3 Å². The van der Waals surface area contributed by atoms with Crippen LogP contribution < -0.4 is 15.4 Å². The van der Waals surface area contributed by atoms with E-state index in [4.69, 9.17) is 4.74 Å². The smallest absolute Gasteiger partial charge is 0.228 e. The molecule has 1 saturated heterocycles. The molecule has 1 saturated carbocycles. The van der Waals surface area contributed by atoms with Gasteiger partial charge in [-0.2, -0.15) is 0 Å². The molecule has 0 radical (unpaired) electrons. The Kier molecular flexibility index (Phi) is 6.82. The van der Waals surface area contributed by atoms with Crippen molar-refractivity contribution in [3.8, 4) is 0 Å². The molecular formula is C15H29N3O4S. The van der Waals surface area contributed by atoms with Gasteiger partial charge in [-0.15, -0.1) is 0 Å². The van der Waals surface area contributed by atoms with Crippen molar-refractivity contribution in [1.29, 1.82) is 0 Å². The molecule has 0 spiro atoms. The predicted octanol–water partition coefficient (Wildman–Crippen LogP) is -0.162. The van der Waals surface area contributed by atoms with E-state index in [0.717, 1.165) is 25.9 Å². The second-order valence-electron chi connectivity index (χ2n) is 6.68. The number of nitrogens with one attached hydrogen (secondary N) is 3. The summed E-state index contributed by atoms with van der Waals surface area (Å²) in [5.74, 6) is 0.307. The number of carbonyl (C=O) groups is 1. The Hall–Kier alpha value is -0.700. The number of hydrogen-bond donors (Lipinski definition) is 3. The Labute approximate surface area is 139 Å². The van der Waals surface area contributed by atoms with Crippen LogP contribution in [0.3, 0.4) is 0 Å². The predicted molar refractivity (Wildman–Crippen MR) is 88.6 cm³/mol. The van der Waals surface area contributed by atoms with Crippen molar-refractivity contribution in [1.82, 2.24) is 15.4 Å². The van der Waals surface area contributed by atoms with Crippen molar-refractivity contribution in [2.45, 2.75) is 32.1 Å². The molecule has 7 nitrogen and oxygen atoms in total. The maximum atomic E-state index is 12.5. The number of piperidine rings is 1. The van der Waals surface area contributed by atoms with Gasteiger partial charge in [0.15, 0.2) is 0 Å². The lowest BCUT2D eigenvalue weighted by atomic mass is 9.78. The van der Waals surface area contributed by atoms with Crippen LogP contribution in [0.15, 0.2) is 0 Å². The minimum absolute atomic E-state index is 0.0766. The van der Waals surface area contributed by atoms with Crippen LogP contribution >= 0.6 is 0 Å². The van der Waals surface area contributed by atoms with Gasteiger partial charge in [0.2, 0.25) is 15.9 Å². The number of hydrogen-bond acceptors (Lipinski definition) is 5. The molecule has 1 amide bonds. The summed E-state index contributed by atoms with van der Waals surface area (Å²) in [4.78, 5) is 12.5. The summed E-state index contributed by atoms with van der Waals surface area (Å²) in [5, 5.41) is 6.01. The first-order valence-electron chi connectivity index (χ1n) is 8.43. The highest BCUT2D eigenvalue weighted by Gasteiger charge is 2.39. The molecule has 8 heteroatoms. The Bertz CT molecular complexity index is 479. The minimum atomic E-state index is -3.32. The number of carbonyl (C=O) groups excluding carboxylic acids is 1. The molecular weight excluding hydrogens is 318 g/mol. The van der Waals surface area contributed by atoms with E-state index in [2.05, 4.69) is 15.4 Å². The van der Waals surface area contributed by atoms with Gasteiger partial charge in [-0.1, -0.05) is 6.42 Å². The van der Waals surface area contributed by atoms with E-state index in [0.29, 0.717) is 31.9 Å². The van der Waals surface area contributed by atoms with Gasteiger partial charge in [-0.05, 0) is 44.7 Å². The molecule has 1 heterocycles. The largest absolute Gasteiger partial charge is 0.384 e. The molecule has 0 atom stereocenters. The summed E-state index contributed by atoms with van der Waals surface area (Å²) in [6, 6.07) is 0. The van der Waals surface area contributed by atoms with Gasteiger partial charge in [-0.3, -0.25) is 4.79 Å². The molecule has 1 aliphatic carbocycles. The van der Waals surface area contributed by atoms with Gasteiger partial charge in [0.05, 0.1) is 17.8 Å². The highest BCUT2D eigenvalue weighted by molar-refractivity contribution is 7.89.